The highest BCUT2D eigenvalue weighted by Crippen LogP contribution is 2.11. The molecule has 0 saturated heterocycles. The first-order chi connectivity index (χ1) is 5.42. The largest absolute Gasteiger partial charge is 0.465 e. The molecule has 12 heavy (non-hydrogen) atoms. The van der Waals surface area contributed by atoms with Crippen LogP contribution in [0.15, 0.2) is 0 Å². The number of amides is 1. The van der Waals surface area contributed by atoms with Crippen molar-refractivity contribution in [1.82, 2.24) is 10.6 Å². The Kier molecular flexibility index (Phi) is 4.42. The Morgan fingerprint density at radius 2 is 1.92 bits per heavy atom. The maximum Gasteiger partial charge on any atom is 0.404 e. The standard InChI is InChI=1S/C5H9F3N2O2/c6-5(7,8)3-9-1-2-10-4(11)12/h9-10H,1-3H2,(H,11,12). The summed E-state index contributed by atoms with van der Waals surface area (Å²) in [7, 11) is 0. The van der Waals surface area contributed by atoms with Crippen LogP contribution in [0.5, 0.6) is 0 Å². The highest BCUT2D eigenvalue weighted by Gasteiger charge is 2.25. The second-order valence-electron chi connectivity index (χ2n) is 2.02. The smallest absolute Gasteiger partial charge is 0.404 e. The molecule has 4 nitrogen and oxygen atoms in total. The minimum atomic E-state index is -4.25. The molecule has 0 rings (SSSR count). The summed E-state index contributed by atoms with van der Waals surface area (Å²) in [6, 6.07) is 0. The summed E-state index contributed by atoms with van der Waals surface area (Å²) in [4.78, 5) is 9.80. The predicted octanol–water partition coefficient (Wildman–Crippen LogP) is 0.406. The minimum Gasteiger partial charge on any atom is -0.465 e. The van der Waals surface area contributed by atoms with E-state index in [-0.39, 0.29) is 13.1 Å². The molecular weight excluding hydrogens is 177 g/mol. The fraction of sp³-hybridized carbons (Fsp3) is 0.800. The van der Waals surface area contributed by atoms with E-state index in [2.05, 4.69) is 0 Å². The molecule has 0 aliphatic heterocycles. The summed E-state index contributed by atoms with van der Waals surface area (Å²) in [6.07, 6.45) is -5.49. The van der Waals surface area contributed by atoms with Crippen molar-refractivity contribution in [2.24, 2.45) is 0 Å². The van der Waals surface area contributed by atoms with Crippen molar-refractivity contribution < 1.29 is 23.1 Å². The third-order valence-electron chi connectivity index (χ3n) is 0.903. The van der Waals surface area contributed by atoms with Crippen molar-refractivity contribution in [2.75, 3.05) is 19.6 Å². The average Bonchev–Trinajstić information content (AvgIpc) is 1.83. The van der Waals surface area contributed by atoms with E-state index in [0.717, 1.165) is 0 Å². The van der Waals surface area contributed by atoms with Crippen LogP contribution in [0, 0.1) is 0 Å². The lowest BCUT2D eigenvalue weighted by Crippen LogP contribution is -2.35. The van der Waals surface area contributed by atoms with E-state index >= 15 is 0 Å². The van der Waals surface area contributed by atoms with Gasteiger partial charge in [-0.25, -0.2) is 4.79 Å². The van der Waals surface area contributed by atoms with Crippen LogP contribution >= 0.6 is 0 Å². The summed E-state index contributed by atoms with van der Waals surface area (Å²) in [5, 5.41) is 12.0. The summed E-state index contributed by atoms with van der Waals surface area (Å²) in [5.74, 6) is 0. The van der Waals surface area contributed by atoms with Gasteiger partial charge in [-0.3, -0.25) is 0 Å². The molecule has 0 saturated carbocycles. The Morgan fingerprint density at radius 3 is 2.33 bits per heavy atom. The molecule has 3 N–H and O–H groups in total. The van der Waals surface area contributed by atoms with Crippen LogP contribution in [0.4, 0.5) is 18.0 Å². The second-order valence-corrected chi connectivity index (χ2v) is 2.02. The van der Waals surface area contributed by atoms with E-state index in [0.29, 0.717) is 0 Å². The second kappa shape index (κ2) is 4.81. The molecule has 0 aliphatic rings. The number of hydrogen-bond donors (Lipinski definition) is 3. The molecule has 1 amide bonds. The zero-order chi connectivity index (χ0) is 9.61. The van der Waals surface area contributed by atoms with Crippen LogP contribution in [0.2, 0.25) is 0 Å². The molecule has 0 aromatic carbocycles. The molecular formula is C5H9F3N2O2. The molecule has 72 valence electrons. The average molecular weight is 186 g/mol. The number of nitrogens with one attached hydrogen (secondary N) is 2. The molecule has 0 radical (unpaired) electrons. The molecule has 7 heteroatoms. The van der Waals surface area contributed by atoms with Crippen molar-refractivity contribution in [3.05, 3.63) is 0 Å². The summed E-state index contributed by atoms with van der Waals surface area (Å²) in [6.45, 7) is -1.18. The Labute approximate surface area is 66.8 Å². The zero-order valence-electron chi connectivity index (χ0n) is 6.11. The summed E-state index contributed by atoms with van der Waals surface area (Å²) in [5.41, 5.74) is 0. The minimum absolute atomic E-state index is 0.0359. The normalized spacial score (nSPS) is 11.2. The third-order valence-corrected chi connectivity index (χ3v) is 0.903. The number of carboxylic acid groups (broad SMARTS) is 1. The van der Waals surface area contributed by atoms with E-state index in [4.69, 9.17) is 5.11 Å². The van der Waals surface area contributed by atoms with E-state index < -0.39 is 18.8 Å². The van der Waals surface area contributed by atoms with Gasteiger partial charge in [0.25, 0.3) is 0 Å². The Hall–Kier alpha value is -0.980. The van der Waals surface area contributed by atoms with Gasteiger partial charge >= 0.3 is 12.3 Å². The van der Waals surface area contributed by atoms with Crippen LogP contribution in [0.1, 0.15) is 0 Å². The molecule has 0 fully saturated rings. The van der Waals surface area contributed by atoms with Gasteiger partial charge in [-0.15, -0.1) is 0 Å². The topological polar surface area (TPSA) is 61.4 Å². The SMILES string of the molecule is O=C(O)NCCNCC(F)(F)F. The molecule has 0 bridgehead atoms. The van der Waals surface area contributed by atoms with Gasteiger partial charge in [0, 0.05) is 13.1 Å². The fourth-order valence-corrected chi connectivity index (χ4v) is 0.488. The first kappa shape index (κ1) is 11.0. The number of halogens is 3. The summed E-state index contributed by atoms with van der Waals surface area (Å²) < 4.78 is 34.3. The van der Waals surface area contributed by atoms with Gasteiger partial charge in [-0.2, -0.15) is 13.2 Å². The van der Waals surface area contributed by atoms with E-state index in [1.807, 2.05) is 10.6 Å². The molecule has 0 aromatic heterocycles. The van der Waals surface area contributed by atoms with Crippen LogP contribution in [-0.4, -0.2) is 37.0 Å². The maximum absolute atomic E-state index is 11.4. The van der Waals surface area contributed by atoms with Gasteiger partial charge < -0.3 is 15.7 Å². The van der Waals surface area contributed by atoms with Gasteiger partial charge in [0.1, 0.15) is 0 Å². The van der Waals surface area contributed by atoms with E-state index in [9.17, 15) is 18.0 Å². The van der Waals surface area contributed by atoms with Gasteiger partial charge in [0.15, 0.2) is 0 Å². The highest BCUT2D eigenvalue weighted by atomic mass is 19.4. The monoisotopic (exact) mass is 186 g/mol. The predicted molar refractivity (Wildman–Crippen MR) is 35.0 cm³/mol. The Balaban J connectivity index is 3.17. The number of carbonyl (C=O) groups is 1. The number of hydrogen-bond acceptors (Lipinski definition) is 2. The van der Waals surface area contributed by atoms with Gasteiger partial charge in [0.05, 0.1) is 6.54 Å². The van der Waals surface area contributed by atoms with Crippen molar-refractivity contribution >= 4 is 6.09 Å². The van der Waals surface area contributed by atoms with Crippen LogP contribution in [0.3, 0.4) is 0 Å². The number of alkyl halides is 3. The van der Waals surface area contributed by atoms with Crippen molar-refractivity contribution in [3.63, 3.8) is 0 Å². The first-order valence-electron chi connectivity index (χ1n) is 3.16. The lowest BCUT2D eigenvalue weighted by Gasteiger charge is -2.07. The maximum atomic E-state index is 11.4. The Bertz CT molecular complexity index is 148. The fourth-order valence-electron chi connectivity index (χ4n) is 0.488. The lowest BCUT2D eigenvalue weighted by molar-refractivity contribution is -0.124. The Morgan fingerprint density at radius 1 is 1.33 bits per heavy atom. The molecule has 0 aliphatic carbocycles. The van der Waals surface area contributed by atoms with E-state index in [1.54, 1.807) is 0 Å². The van der Waals surface area contributed by atoms with Crippen LogP contribution in [-0.2, 0) is 0 Å². The first-order valence-corrected chi connectivity index (χ1v) is 3.16. The summed E-state index contributed by atoms with van der Waals surface area (Å²) >= 11 is 0. The molecule has 0 aromatic rings. The molecule has 0 heterocycles. The van der Waals surface area contributed by atoms with Crippen molar-refractivity contribution in [2.45, 2.75) is 6.18 Å². The molecule has 0 atom stereocenters. The van der Waals surface area contributed by atoms with Crippen LogP contribution in [0.25, 0.3) is 0 Å². The third kappa shape index (κ3) is 9.02. The van der Waals surface area contributed by atoms with Gasteiger partial charge in [-0.1, -0.05) is 0 Å². The van der Waals surface area contributed by atoms with E-state index in [1.165, 1.54) is 0 Å². The lowest BCUT2D eigenvalue weighted by atomic mass is 10.5. The zero-order valence-corrected chi connectivity index (χ0v) is 6.11. The van der Waals surface area contributed by atoms with Crippen LogP contribution < -0.4 is 10.6 Å². The quantitative estimate of drug-likeness (QED) is 0.557. The van der Waals surface area contributed by atoms with Crippen molar-refractivity contribution in [1.29, 1.82) is 0 Å². The van der Waals surface area contributed by atoms with Gasteiger partial charge in [0.2, 0.25) is 0 Å². The highest BCUT2D eigenvalue weighted by molar-refractivity contribution is 5.64. The molecule has 0 unspecified atom stereocenters. The van der Waals surface area contributed by atoms with Gasteiger partial charge in [-0.05, 0) is 0 Å². The van der Waals surface area contributed by atoms with Crippen molar-refractivity contribution in [3.8, 4) is 0 Å². The molecule has 0 spiro atoms. The number of rotatable bonds is 4.